The summed E-state index contributed by atoms with van der Waals surface area (Å²) in [5.41, 5.74) is 0.890. The average Bonchev–Trinajstić information content (AvgIpc) is 2.41. The van der Waals surface area contributed by atoms with Crippen molar-refractivity contribution in [3.05, 3.63) is 18.1 Å². The Hall–Kier alpha value is -1.24. The van der Waals surface area contributed by atoms with E-state index in [-0.39, 0.29) is 12.5 Å². The van der Waals surface area contributed by atoms with Crippen LogP contribution in [0.4, 0.5) is 5.82 Å². The van der Waals surface area contributed by atoms with Crippen molar-refractivity contribution >= 4 is 5.82 Å². The highest BCUT2D eigenvalue weighted by molar-refractivity contribution is 5.38. The molecule has 106 valence electrons. The number of rotatable bonds is 5. The minimum absolute atomic E-state index is 0.0337. The number of hydrogen-bond acceptors (Lipinski definition) is 6. The van der Waals surface area contributed by atoms with Gasteiger partial charge in [0.05, 0.1) is 11.8 Å². The first-order valence-corrected chi connectivity index (χ1v) is 6.73. The van der Waals surface area contributed by atoms with Gasteiger partial charge in [-0.1, -0.05) is 0 Å². The van der Waals surface area contributed by atoms with E-state index in [0.717, 1.165) is 37.6 Å². The molecule has 1 aliphatic rings. The lowest BCUT2D eigenvalue weighted by Crippen LogP contribution is -2.46. The second kappa shape index (κ2) is 6.79. The molecule has 0 aliphatic carbocycles. The van der Waals surface area contributed by atoms with E-state index < -0.39 is 6.10 Å². The molecule has 0 bridgehead atoms. The van der Waals surface area contributed by atoms with Crippen molar-refractivity contribution in [2.45, 2.75) is 19.4 Å². The molecule has 0 spiro atoms. The summed E-state index contributed by atoms with van der Waals surface area (Å²) in [6, 6.07) is 0. The van der Waals surface area contributed by atoms with Gasteiger partial charge in [-0.2, -0.15) is 0 Å². The van der Waals surface area contributed by atoms with Crippen LogP contribution in [-0.4, -0.2) is 64.0 Å². The van der Waals surface area contributed by atoms with Gasteiger partial charge in [0.2, 0.25) is 0 Å². The summed E-state index contributed by atoms with van der Waals surface area (Å²) in [6.07, 6.45) is 3.78. The molecule has 1 fully saturated rings. The maximum atomic E-state index is 9.86. The summed E-state index contributed by atoms with van der Waals surface area (Å²) in [6.45, 7) is 5.18. The lowest BCUT2D eigenvalue weighted by molar-refractivity contribution is -0.000448. The fraction of sp³-hybridized carbons (Fsp3) is 0.692. The van der Waals surface area contributed by atoms with Crippen LogP contribution in [0.25, 0.3) is 0 Å². The molecule has 0 amide bonds. The van der Waals surface area contributed by atoms with Crippen LogP contribution in [0.15, 0.2) is 12.4 Å². The van der Waals surface area contributed by atoms with Gasteiger partial charge in [-0.25, -0.2) is 4.98 Å². The summed E-state index contributed by atoms with van der Waals surface area (Å²) in [5, 5.41) is 22.2. The Kier molecular flexibility index (Phi) is 5.07. The molecule has 0 unspecified atom stereocenters. The quantitative estimate of drug-likeness (QED) is 0.689. The Morgan fingerprint density at radius 3 is 2.89 bits per heavy atom. The van der Waals surface area contributed by atoms with Gasteiger partial charge in [0, 0.05) is 44.6 Å². The number of β-amino-alcohol motifs (C(OH)–C–C–N with tert-alkyl or cyclic N) is 1. The lowest BCUT2D eigenvalue weighted by atomic mass is 9.95. The SMILES string of the molecule is Cc1nccnc1NCCN1CC[C@H](CO)[C@H](O)C1. The number of aliphatic hydroxyl groups is 2. The number of piperidine rings is 1. The normalized spacial score (nSPS) is 24.4. The van der Waals surface area contributed by atoms with Crippen LogP contribution in [0.5, 0.6) is 0 Å². The highest BCUT2D eigenvalue weighted by atomic mass is 16.3. The standard InChI is InChI=1S/C13H22N4O2/c1-10-13(15-4-3-14-10)16-5-7-17-6-2-11(9-18)12(19)8-17/h3-4,11-12,18-19H,2,5-9H2,1H3,(H,15,16)/t11-,12-/m1/s1. The van der Waals surface area contributed by atoms with Crippen molar-refractivity contribution in [1.29, 1.82) is 0 Å². The van der Waals surface area contributed by atoms with Crippen molar-refractivity contribution in [3.8, 4) is 0 Å². The van der Waals surface area contributed by atoms with Gasteiger partial charge in [-0.05, 0) is 19.9 Å². The van der Waals surface area contributed by atoms with E-state index in [1.54, 1.807) is 12.4 Å². The van der Waals surface area contributed by atoms with E-state index >= 15 is 0 Å². The molecule has 0 aromatic carbocycles. The maximum Gasteiger partial charge on any atom is 0.147 e. The van der Waals surface area contributed by atoms with Crippen LogP contribution in [0.2, 0.25) is 0 Å². The zero-order valence-corrected chi connectivity index (χ0v) is 11.3. The summed E-state index contributed by atoms with van der Waals surface area (Å²) in [5.74, 6) is 0.847. The van der Waals surface area contributed by atoms with Crippen LogP contribution in [0, 0.1) is 12.8 Å². The van der Waals surface area contributed by atoms with Gasteiger partial charge in [-0.3, -0.25) is 9.88 Å². The molecular weight excluding hydrogens is 244 g/mol. The molecular formula is C13H22N4O2. The summed E-state index contributed by atoms with van der Waals surface area (Å²) in [7, 11) is 0. The number of likely N-dealkylation sites (tertiary alicyclic amines) is 1. The largest absolute Gasteiger partial charge is 0.396 e. The van der Waals surface area contributed by atoms with Gasteiger partial charge >= 0.3 is 0 Å². The number of nitrogens with zero attached hydrogens (tertiary/aromatic N) is 3. The Bertz CT molecular complexity index is 402. The molecule has 6 nitrogen and oxygen atoms in total. The van der Waals surface area contributed by atoms with Crippen LogP contribution >= 0.6 is 0 Å². The van der Waals surface area contributed by atoms with Crippen molar-refractivity contribution in [1.82, 2.24) is 14.9 Å². The third-order valence-electron chi connectivity index (χ3n) is 3.64. The first-order valence-electron chi connectivity index (χ1n) is 6.73. The monoisotopic (exact) mass is 266 g/mol. The van der Waals surface area contributed by atoms with Gasteiger partial charge in [-0.15, -0.1) is 0 Å². The second-order valence-corrected chi connectivity index (χ2v) is 5.02. The first kappa shape index (κ1) is 14.2. The molecule has 2 heterocycles. The molecule has 0 radical (unpaired) electrons. The topological polar surface area (TPSA) is 81.5 Å². The number of nitrogens with one attached hydrogen (secondary N) is 1. The molecule has 6 heteroatoms. The minimum Gasteiger partial charge on any atom is -0.396 e. The average molecular weight is 266 g/mol. The van der Waals surface area contributed by atoms with Gasteiger partial charge < -0.3 is 15.5 Å². The predicted molar refractivity (Wildman–Crippen MR) is 72.9 cm³/mol. The fourth-order valence-electron chi connectivity index (χ4n) is 2.38. The van der Waals surface area contributed by atoms with Gasteiger partial charge in [0.1, 0.15) is 5.82 Å². The van der Waals surface area contributed by atoms with Crippen LogP contribution in [0.3, 0.4) is 0 Å². The highest BCUT2D eigenvalue weighted by Crippen LogP contribution is 2.16. The molecule has 1 aromatic heterocycles. The summed E-state index contributed by atoms with van der Waals surface area (Å²) < 4.78 is 0. The van der Waals surface area contributed by atoms with Crippen molar-refractivity contribution in [2.75, 3.05) is 38.1 Å². The maximum absolute atomic E-state index is 9.86. The van der Waals surface area contributed by atoms with E-state index in [4.69, 9.17) is 5.11 Å². The third-order valence-corrected chi connectivity index (χ3v) is 3.64. The van der Waals surface area contributed by atoms with Crippen molar-refractivity contribution < 1.29 is 10.2 Å². The second-order valence-electron chi connectivity index (χ2n) is 5.02. The summed E-state index contributed by atoms with van der Waals surface area (Å²) in [4.78, 5) is 10.6. The van der Waals surface area contributed by atoms with Crippen LogP contribution in [0.1, 0.15) is 12.1 Å². The zero-order valence-electron chi connectivity index (χ0n) is 11.3. The molecule has 0 saturated carbocycles. The van der Waals surface area contributed by atoms with Crippen molar-refractivity contribution in [2.24, 2.45) is 5.92 Å². The number of hydrogen-bond donors (Lipinski definition) is 3. The molecule has 1 saturated heterocycles. The number of anilines is 1. The Labute approximate surface area is 113 Å². The minimum atomic E-state index is -0.419. The molecule has 19 heavy (non-hydrogen) atoms. The van der Waals surface area contributed by atoms with Crippen LogP contribution < -0.4 is 5.32 Å². The van der Waals surface area contributed by atoms with Crippen molar-refractivity contribution in [3.63, 3.8) is 0 Å². The number of aliphatic hydroxyl groups excluding tert-OH is 2. The smallest absolute Gasteiger partial charge is 0.147 e. The highest BCUT2D eigenvalue weighted by Gasteiger charge is 2.26. The zero-order chi connectivity index (χ0) is 13.7. The Morgan fingerprint density at radius 1 is 1.42 bits per heavy atom. The Balaban J connectivity index is 1.74. The van der Waals surface area contributed by atoms with E-state index in [9.17, 15) is 5.11 Å². The lowest BCUT2D eigenvalue weighted by Gasteiger charge is -2.35. The molecule has 1 aliphatic heterocycles. The molecule has 2 atom stereocenters. The summed E-state index contributed by atoms with van der Waals surface area (Å²) >= 11 is 0. The first-order chi connectivity index (χ1) is 9.20. The van der Waals surface area contributed by atoms with E-state index in [2.05, 4.69) is 20.2 Å². The Morgan fingerprint density at radius 2 is 2.21 bits per heavy atom. The molecule has 1 aromatic rings. The fourth-order valence-corrected chi connectivity index (χ4v) is 2.38. The van der Waals surface area contributed by atoms with E-state index in [1.807, 2.05) is 6.92 Å². The van der Waals surface area contributed by atoms with Gasteiger partial charge in [0.25, 0.3) is 0 Å². The number of aromatic nitrogens is 2. The van der Waals surface area contributed by atoms with E-state index in [0.29, 0.717) is 6.54 Å². The van der Waals surface area contributed by atoms with Gasteiger partial charge in [0.15, 0.2) is 0 Å². The number of aryl methyl sites for hydroxylation is 1. The predicted octanol–water partition coefficient (Wildman–Crippen LogP) is -0.128. The molecule has 3 N–H and O–H groups in total. The third kappa shape index (κ3) is 3.86. The molecule has 2 rings (SSSR count). The van der Waals surface area contributed by atoms with E-state index in [1.165, 1.54) is 0 Å². The van der Waals surface area contributed by atoms with Crippen LogP contribution in [-0.2, 0) is 0 Å².